The molecule has 1 amide bonds. The predicted octanol–water partition coefficient (Wildman–Crippen LogP) is 4.42. The number of nitriles is 1. The molecule has 0 atom stereocenters. The molecule has 2 saturated carbocycles. The van der Waals surface area contributed by atoms with Gasteiger partial charge in [-0.2, -0.15) is 10.2 Å². The highest BCUT2D eigenvalue weighted by Gasteiger charge is 2.30. The fourth-order valence-electron chi connectivity index (χ4n) is 4.62. The number of hydrogen-bond acceptors (Lipinski definition) is 7. The zero-order valence-corrected chi connectivity index (χ0v) is 19.1. The Hall–Kier alpha value is -3.45. The van der Waals surface area contributed by atoms with Gasteiger partial charge in [-0.25, -0.2) is 14.4 Å². The summed E-state index contributed by atoms with van der Waals surface area (Å²) in [5.74, 6) is -0.193. The Morgan fingerprint density at radius 2 is 1.97 bits per heavy atom. The monoisotopic (exact) mass is 482 g/mol. The number of nitrogens with one attached hydrogen (secondary N) is 2. The maximum absolute atomic E-state index is 14.8. The minimum atomic E-state index is -0.654. The maximum atomic E-state index is 14.8. The predicted molar refractivity (Wildman–Crippen MR) is 126 cm³/mol. The van der Waals surface area contributed by atoms with Crippen molar-refractivity contribution in [1.82, 2.24) is 19.5 Å². The van der Waals surface area contributed by atoms with Gasteiger partial charge in [0.1, 0.15) is 11.3 Å². The Morgan fingerprint density at radius 3 is 2.59 bits per heavy atom. The van der Waals surface area contributed by atoms with E-state index in [1.54, 1.807) is 6.20 Å². The van der Waals surface area contributed by atoms with Gasteiger partial charge in [0.15, 0.2) is 5.65 Å². The molecule has 0 spiro atoms. The summed E-state index contributed by atoms with van der Waals surface area (Å²) >= 11 is 6.28. The summed E-state index contributed by atoms with van der Waals surface area (Å²) in [6, 6.07) is 4.76. The van der Waals surface area contributed by atoms with Gasteiger partial charge >= 0.3 is 0 Å². The van der Waals surface area contributed by atoms with Crippen LogP contribution in [-0.2, 0) is 4.79 Å². The van der Waals surface area contributed by atoms with Gasteiger partial charge in [-0.15, -0.1) is 0 Å². The number of fused-ring (bicyclic) bond motifs is 1. The SMILES string of the molecule is N#Cc1cc(F)c(Nc2nc3cnc(NC4CCC4)nc3n2[C@H]2CC[C@@H](C(N)=O)CC2)c(Cl)c1. The Labute approximate surface area is 200 Å². The van der Waals surface area contributed by atoms with E-state index >= 15 is 0 Å². The summed E-state index contributed by atoms with van der Waals surface area (Å²) in [7, 11) is 0. The molecule has 0 saturated heterocycles. The van der Waals surface area contributed by atoms with Crippen molar-refractivity contribution in [1.29, 1.82) is 5.26 Å². The largest absolute Gasteiger partial charge is 0.369 e. The number of hydrogen-bond donors (Lipinski definition) is 3. The molecule has 0 radical (unpaired) electrons. The molecule has 2 aromatic heterocycles. The molecule has 176 valence electrons. The molecule has 2 fully saturated rings. The van der Waals surface area contributed by atoms with Crippen molar-refractivity contribution in [2.45, 2.75) is 57.0 Å². The first-order valence-corrected chi connectivity index (χ1v) is 11.8. The van der Waals surface area contributed by atoms with Gasteiger partial charge in [-0.05, 0) is 57.1 Å². The second-order valence-electron chi connectivity index (χ2n) is 8.94. The summed E-state index contributed by atoms with van der Waals surface area (Å²) in [6.45, 7) is 0. The van der Waals surface area contributed by atoms with Crippen molar-refractivity contribution in [2.75, 3.05) is 10.6 Å². The average molecular weight is 483 g/mol. The lowest BCUT2D eigenvalue weighted by Gasteiger charge is -2.29. The van der Waals surface area contributed by atoms with Gasteiger partial charge in [0.25, 0.3) is 0 Å². The molecular formula is C23H24ClFN8O. The van der Waals surface area contributed by atoms with Gasteiger partial charge < -0.3 is 16.4 Å². The lowest BCUT2D eigenvalue weighted by atomic mass is 9.85. The van der Waals surface area contributed by atoms with Gasteiger partial charge in [0.05, 0.1) is 28.5 Å². The standard InChI is InChI=1S/C23H24ClFN8O/c24-16-8-12(10-26)9-17(25)19(16)31-23-30-18-11-28-22(29-14-2-1-3-14)32-21(18)33(23)15-6-4-13(5-7-15)20(27)34/h8-9,11,13-15H,1-7H2,(H2,27,34)(H,30,31)(H,28,29,32)/t13-,15+. The molecule has 0 aliphatic heterocycles. The third kappa shape index (κ3) is 4.23. The molecule has 5 rings (SSSR count). The van der Waals surface area contributed by atoms with E-state index in [1.165, 1.54) is 12.5 Å². The first kappa shape index (κ1) is 22.3. The lowest BCUT2D eigenvalue weighted by molar-refractivity contribution is -0.122. The summed E-state index contributed by atoms with van der Waals surface area (Å²) < 4.78 is 16.7. The van der Waals surface area contributed by atoms with E-state index in [0.717, 1.165) is 18.9 Å². The molecule has 3 aromatic rings. The molecule has 9 nitrogen and oxygen atoms in total. The van der Waals surface area contributed by atoms with E-state index in [9.17, 15) is 9.18 Å². The van der Waals surface area contributed by atoms with Crippen LogP contribution in [0.25, 0.3) is 11.2 Å². The Kier molecular flexibility index (Phi) is 5.96. The summed E-state index contributed by atoms with van der Waals surface area (Å²) in [6.07, 6.45) is 7.72. The smallest absolute Gasteiger partial charge is 0.224 e. The Morgan fingerprint density at radius 1 is 1.21 bits per heavy atom. The molecule has 2 heterocycles. The number of aromatic nitrogens is 4. The molecule has 11 heteroatoms. The molecular weight excluding hydrogens is 459 g/mol. The molecule has 4 N–H and O–H groups in total. The first-order valence-electron chi connectivity index (χ1n) is 11.4. The number of amides is 1. The molecule has 0 unspecified atom stereocenters. The maximum Gasteiger partial charge on any atom is 0.224 e. The van der Waals surface area contributed by atoms with Crippen molar-refractivity contribution in [3.8, 4) is 6.07 Å². The van der Waals surface area contributed by atoms with Crippen LogP contribution in [0.15, 0.2) is 18.3 Å². The quantitative estimate of drug-likeness (QED) is 0.473. The molecule has 2 aliphatic rings. The number of primary amides is 1. The van der Waals surface area contributed by atoms with E-state index in [1.807, 2.05) is 10.6 Å². The number of anilines is 3. The van der Waals surface area contributed by atoms with Gasteiger partial charge in [0.2, 0.25) is 17.8 Å². The van der Waals surface area contributed by atoms with Crippen LogP contribution < -0.4 is 16.4 Å². The van der Waals surface area contributed by atoms with Crippen LogP contribution in [0.4, 0.5) is 22.0 Å². The summed E-state index contributed by atoms with van der Waals surface area (Å²) in [5, 5.41) is 15.5. The third-order valence-corrected chi connectivity index (χ3v) is 7.04. The minimum Gasteiger partial charge on any atom is -0.369 e. The highest BCUT2D eigenvalue weighted by atomic mass is 35.5. The van der Waals surface area contributed by atoms with Crippen molar-refractivity contribution < 1.29 is 9.18 Å². The fourth-order valence-corrected chi connectivity index (χ4v) is 4.87. The van der Waals surface area contributed by atoms with E-state index in [0.29, 0.717) is 54.8 Å². The number of nitrogens with two attached hydrogens (primary N) is 1. The minimum absolute atomic E-state index is 0.0187. The first-order chi connectivity index (χ1) is 16.4. The van der Waals surface area contributed by atoms with Crippen molar-refractivity contribution in [3.63, 3.8) is 0 Å². The van der Waals surface area contributed by atoms with Gasteiger partial charge in [0, 0.05) is 18.0 Å². The number of imidazole rings is 1. The number of carbonyl (C=O) groups excluding carboxylic acids is 1. The van der Waals surface area contributed by atoms with Crippen LogP contribution >= 0.6 is 11.6 Å². The van der Waals surface area contributed by atoms with E-state index in [-0.39, 0.29) is 34.1 Å². The van der Waals surface area contributed by atoms with E-state index < -0.39 is 5.82 Å². The van der Waals surface area contributed by atoms with Crippen LogP contribution in [0.2, 0.25) is 5.02 Å². The van der Waals surface area contributed by atoms with Gasteiger partial charge in [-0.1, -0.05) is 11.6 Å². The Bertz CT molecular complexity index is 1270. The van der Waals surface area contributed by atoms with Crippen LogP contribution in [0.1, 0.15) is 56.6 Å². The number of nitrogens with zero attached hydrogens (tertiary/aromatic N) is 5. The second kappa shape index (κ2) is 9.06. The van der Waals surface area contributed by atoms with Crippen LogP contribution in [0, 0.1) is 23.1 Å². The normalized spacial score (nSPS) is 20.5. The number of halogens is 2. The molecule has 2 aliphatic carbocycles. The number of benzene rings is 1. The van der Waals surface area contributed by atoms with E-state index in [2.05, 4.69) is 20.6 Å². The second-order valence-corrected chi connectivity index (χ2v) is 9.35. The van der Waals surface area contributed by atoms with Crippen LogP contribution in [-0.4, -0.2) is 31.5 Å². The third-order valence-electron chi connectivity index (χ3n) is 6.74. The molecule has 34 heavy (non-hydrogen) atoms. The topological polar surface area (TPSA) is 135 Å². The zero-order chi connectivity index (χ0) is 23.8. The average Bonchev–Trinajstić information content (AvgIpc) is 3.15. The van der Waals surface area contributed by atoms with Crippen LogP contribution in [0.3, 0.4) is 0 Å². The van der Waals surface area contributed by atoms with Gasteiger partial charge in [-0.3, -0.25) is 9.36 Å². The zero-order valence-electron chi connectivity index (χ0n) is 18.4. The lowest BCUT2D eigenvalue weighted by Crippen LogP contribution is -2.29. The fraction of sp³-hybridized carbons (Fsp3) is 0.435. The molecule has 1 aromatic carbocycles. The summed E-state index contributed by atoms with van der Waals surface area (Å²) in [5.41, 5.74) is 6.85. The number of rotatable bonds is 6. The highest BCUT2D eigenvalue weighted by Crippen LogP contribution is 2.38. The van der Waals surface area contributed by atoms with Crippen molar-refractivity contribution >= 4 is 46.3 Å². The van der Waals surface area contributed by atoms with Crippen molar-refractivity contribution in [3.05, 3.63) is 34.7 Å². The molecule has 0 bridgehead atoms. The number of carbonyl (C=O) groups is 1. The summed E-state index contributed by atoms with van der Waals surface area (Å²) in [4.78, 5) is 25.4. The van der Waals surface area contributed by atoms with E-state index in [4.69, 9.17) is 27.6 Å². The van der Waals surface area contributed by atoms with Crippen LogP contribution in [0.5, 0.6) is 0 Å². The highest BCUT2D eigenvalue weighted by molar-refractivity contribution is 6.33. The Balaban J connectivity index is 1.54. The van der Waals surface area contributed by atoms with Crippen molar-refractivity contribution in [2.24, 2.45) is 11.7 Å².